The molecule has 0 aliphatic carbocycles. The molecule has 1 unspecified atom stereocenters. The van der Waals surface area contributed by atoms with Crippen molar-refractivity contribution in [2.75, 3.05) is 52.5 Å². The molecule has 1 atom stereocenters. The maximum Gasteiger partial charge on any atom is 0.243 e. The van der Waals surface area contributed by atoms with Crippen LogP contribution in [0.25, 0.3) is 0 Å². The first-order valence-corrected chi connectivity index (χ1v) is 12.6. The number of rotatable bonds is 7. The van der Waals surface area contributed by atoms with E-state index in [2.05, 4.69) is 16.5 Å². The van der Waals surface area contributed by atoms with Gasteiger partial charge in [0.1, 0.15) is 0 Å². The Kier molecular flexibility index (Phi) is 7.11. The van der Waals surface area contributed by atoms with E-state index in [-0.39, 0.29) is 9.79 Å². The molecule has 1 aromatic rings. The standard InChI is InChI=1S/C18H29N3O5S2/c1-16-3-2-9-20(15-16)10-8-19-27(22,23)17-4-6-18(7-5-17)28(24,25)21-11-13-26-14-12-21/h4-7,16,19H,2-3,8-15H2,1H3. The van der Waals surface area contributed by atoms with Gasteiger partial charge in [-0.05, 0) is 49.6 Å². The maximum atomic E-state index is 12.6. The van der Waals surface area contributed by atoms with Crippen molar-refractivity contribution in [2.45, 2.75) is 29.6 Å². The Bertz CT molecular complexity index is 850. The highest BCUT2D eigenvalue weighted by Crippen LogP contribution is 2.19. The summed E-state index contributed by atoms with van der Waals surface area (Å²) in [6.45, 7) is 6.56. The maximum absolute atomic E-state index is 12.6. The molecule has 0 radical (unpaired) electrons. The summed E-state index contributed by atoms with van der Waals surface area (Å²) < 4.78 is 59.4. The molecule has 2 heterocycles. The lowest BCUT2D eigenvalue weighted by Crippen LogP contribution is -2.40. The van der Waals surface area contributed by atoms with Crippen LogP contribution in [0.1, 0.15) is 19.8 Å². The largest absolute Gasteiger partial charge is 0.379 e. The molecule has 0 bridgehead atoms. The number of piperidine rings is 1. The summed E-state index contributed by atoms with van der Waals surface area (Å²) in [4.78, 5) is 2.44. The number of nitrogens with one attached hydrogen (secondary N) is 1. The molecule has 158 valence electrons. The summed E-state index contributed by atoms with van der Waals surface area (Å²) in [6, 6.07) is 5.40. The van der Waals surface area contributed by atoms with E-state index in [1.54, 1.807) is 0 Å². The summed E-state index contributed by atoms with van der Waals surface area (Å²) in [5.74, 6) is 0.645. The Morgan fingerprint density at radius 2 is 1.68 bits per heavy atom. The molecule has 8 nitrogen and oxygen atoms in total. The molecule has 2 aliphatic heterocycles. The summed E-state index contributed by atoms with van der Waals surface area (Å²) in [6.07, 6.45) is 2.37. The SMILES string of the molecule is CC1CCCN(CCNS(=O)(=O)c2ccc(S(=O)(=O)N3CCOCC3)cc2)C1. The molecular weight excluding hydrogens is 402 g/mol. The van der Waals surface area contributed by atoms with Crippen molar-refractivity contribution < 1.29 is 21.6 Å². The van der Waals surface area contributed by atoms with Crippen molar-refractivity contribution in [3.63, 3.8) is 0 Å². The molecule has 0 saturated carbocycles. The zero-order valence-electron chi connectivity index (χ0n) is 16.2. The Morgan fingerprint density at radius 3 is 2.32 bits per heavy atom. The molecule has 2 saturated heterocycles. The zero-order valence-corrected chi connectivity index (χ0v) is 17.8. The lowest BCUT2D eigenvalue weighted by atomic mass is 10.0. The van der Waals surface area contributed by atoms with Crippen LogP contribution in [0, 0.1) is 5.92 Å². The van der Waals surface area contributed by atoms with E-state index >= 15 is 0 Å². The van der Waals surface area contributed by atoms with Gasteiger partial charge in [-0.3, -0.25) is 0 Å². The van der Waals surface area contributed by atoms with Crippen molar-refractivity contribution in [1.82, 2.24) is 13.9 Å². The van der Waals surface area contributed by atoms with Crippen molar-refractivity contribution >= 4 is 20.0 Å². The number of sulfonamides is 2. The van der Waals surface area contributed by atoms with E-state index in [1.807, 2.05) is 0 Å². The number of hydrogen-bond acceptors (Lipinski definition) is 6. The lowest BCUT2D eigenvalue weighted by molar-refractivity contribution is 0.0730. The molecule has 2 aliphatic rings. The van der Waals surface area contributed by atoms with Crippen LogP contribution in [0.3, 0.4) is 0 Å². The molecule has 1 aromatic carbocycles. The van der Waals surface area contributed by atoms with Gasteiger partial charge in [0.25, 0.3) is 0 Å². The minimum atomic E-state index is -3.67. The predicted octanol–water partition coefficient (Wildman–Crippen LogP) is 0.718. The third-order valence-corrected chi connectivity index (χ3v) is 8.59. The van der Waals surface area contributed by atoms with E-state index < -0.39 is 20.0 Å². The van der Waals surface area contributed by atoms with Crippen LogP contribution in [0.4, 0.5) is 0 Å². The number of benzene rings is 1. The quantitative estimate of drug-likeness (QED) is 0.683. The minimum Gasteiger partial charge on any atom is -0.379 e. The van der Waals surface area contributed by atoms with Crippen LogP contribution in [0.15, 0.2) is 34.1 Å². The molecule has 2 fully saturated rings. The number of morpholine rings is 1. The molecule has 10 heteroatoms. The van der Waals surface area contributed by atoms with E-state index in [1.165, 1.54) is 35.0 Å². The highest BCUT2D eigenvalue weighted by atomic mass is 32.2. The first-order valence-electron chi connectivity index (χ1n) is 9.69. The fourth-order valence-corrected chi connectivity index (χ4v) is 6.07. The van der Waals surface area contributed by atoms with Gasteiger partial charge >= 0.3 is 0 Å². The molecule has 1 N–H and O–H groups in total. The zero-order chi connectivity index (χ0) is 20.2. The highest BCUT2D eigenvalue weighted by Gasteiger charge is 2.27. The van der Waals surface area contributed by atoms with Crippen LogP contribution in [0.5, 0.6) is 0 Å². The van der Waals surface area contributed by atoms with Crippen LogP contribution in [-0.2, 0) is 24.8 Å². The van der Waals surface area contributed by atoms with E-state index in [4.69, 9.17) is 4.74 Å². The topological polar surface area (TPSA) is 96.0 Å². The molecule has 0 spiro atoms. The van der Waals surface area contributed by atoms with Crippen molar-refractivity contribution in [3.05, 3.63) is 24.3 Å². The number of nitrogens with zero attached hydrogens (tertiary/aromatic N) is 2. The Hall–Kier alpha value is -1.04. The fraction of sp³-hybridized carbons (Fsp3) is 0.667. The fourth-order valence-electron chi connectivity index (χ4n) is 3.64. The van der Waals surface area contributed by atoms with Crippen molar-refractivity contribution in [2.24, 2.45) is 5.92 Å². The first kappa shape index (κ1) is 21.7. The molecular formula is C18H29N3O5S2. The number of ether oxygens (including phenoxy) is 1. The van der Waals surface area contributed by atoms with Gasteiger partial charge in [0.2, 0.25) is 20.0 Å². The second-order valence-electron chi connectivity index (χ2n) is 7.43. The Balaban J connectivity index is 1.60. The second-order valence-corrected chi connectivity index (χ2v) is 11.1. The van der Waals surface area contributed by atoms with Crippen LogP contribution in [0.2, 0.25) is 0 Å². The van der Waals surface area contributed by atoms with Gasteiger partial charge in [-0.1, -0.05) is 6.92 Å². The number of hydrogen-bond donors (Lipinski definition) is 1. The van der Waals surface area contributed by atoms with Gasteiger partial charge in [-0.2, -0.15) is 4.31 Å². The highest BCUT2D eigenvalue weighted by molar-refractivity contribution is 7.89. The summed E-state index contributed by atoms with van der Waals surface area (Å²) in [7, 11) is -7.30. The monoisotopic (exact) mass is 431 g/mol. The molecule has 0 amide bonds. The predicted molar refractivity (Wildman–Crippen MR) is 106 cm³/mol. The third-order valence-electron chi connectivity index (χ3n) is 5.20. The van der Waals surface area contributed by atoms with E-state index in [0.29, 0.717) is 45.3 Å². The second kappa shape index (κ2) is 9.19. The normalized spacial score (nSPS) is 23.0. The van der Waals surface area contributed by atoms with Crippen molar-refractivity contribution in [3.8, 4) is 0 Å². The average molecular weight is 432 g/mol. The van der Waals surface area contributed by atoms with Gasteiger partial charge in [0.15, 0.2) is 0 Å². The smallest absolute Gasteiger partial charge is 0.243 e. The van der Waals surface area contributed by atoms with Crippen molar-refractivity contribution in [1.29, 1.82) is 0 Å². The van der Waals surface area contributed by atoms with Crippen LogP contribution in [-0.4, -0.2) is 78.5 Å². The Morgan fingerprint density at radius 1 is 1.04 bits per heavy atom. The van der Waals surface area contributed by atoms with Gasteiger partial charge in [-0.25, -0.2) is 21.6 Å². The summed E-state index contributed by atoms with van der Waals surface area (Å²) in [5.41, 5.74) is 0. The molecule has 3 rings (SSSR count). The van der Waals surface area contributed by atoms with Gasteiger partial charge in [-0.15, -0.1) is 0 Å². The van der Waals surface area contributed by atoms with Gasteiger partial charge in [0, 0.05) is 32.7 Å². The van der Waals surface area contributed by atoms with Gasteiger partial charge in [0.05, 0.1) is 23.0 Å². The van der Waals surface area contributed by atoms with Crippen LogP contribution < -0.4 is 4.72 Å². The molecule has 28 heavy (non-hydrogen) atoms. The minimum absolute atomic E-state index is 0.0699. The molecule has 0 aromatic heterocycles. The summed E-state index contributed by atoms with van der Waals surface area (Å²) in [5, 5.41) is 0. The van der Waals surface area contributed by atoms with E-state index in [0.717, 1.165) is 19.5 Å². The van der Waals surface area contributed by atoms with Crippen LogP contribution >= 0.6 is 0 Å². The Labute approximate surface area is 168 Å². The summed E-state index contributed by atoms with van der Waals surface area (Å²) >= 11 is 0. The van der Waals surface area contributed by atoms with E-state index in [9.17, 15) is 16.8 Å². The number of likely N-dealkylation sites (tertiary alicyclic amines) is 1. The average Bonchev–Trinajstić information content (AvgIpc) is 2.69. The lowest BCUT2D eigenvalue weighted by Gasteiger charge is -2.30. The first-order chi connectivity index (χ1) is 13.3. The third kappa shape index (κ3) is 5.31. The van der Waals surface area contributed by atoms with Gasteiger partial charge < -0.3 is 9.64 Å².